The number of aromatic carboxylic acids is 1. The molecule has 0 radical (unpaired) electrons. The highest BCUT2D eigenvalue weighted by atomic mass is 19.3. The van der Waals surface area contributed by atoms with Gasteiger partial charge in [0.25, 0.3) is 0 Å². The summed E-state index contributed by atoms with van der Waals surface area (Å²) in [6, 6.07) is 7.64. The number of rotatable bonds is 6. The average Bonchev–Trinajstić information content (AvgIpc) is 2.79. The Hall–Kier alpha value is -2.57. The lowest BCUT2D eigenvalue weighted by atomic mass is 10.2. The molecular weight excluding hydrogens is 284 g/mol. The molecule has 0 spiro atoms. The highest BCUT2D eigenvalue weighted by Gasteiger charge is 2.14. The van der Waals surface area contributed by atoms with Gasteiger partial charge >= 0.3 is 12.6 Å². The molecule has 112 valence electrons. The number of furan rings is 1. The van der Waals surface area contributed by atoms with Crippen LogP contribution in [0.1, 0.15) is 21.9 Å². The second-order valence-electron chi connectivity index (χ2n) is 4.23. The molecule has 2 N–H and O–H groups in total. The minimum Gasteiger partial charge on any atom is -0.475 e. The number of carbonyl (C=O) groups is 1. The zero-order chi connectivity index (χ0) is 15.4. The maximum absolute atomic E-state index is 12.3. The van der Waals surface area contributed by atoms with Crippen molar-refractivity contribution in [2.45, 2.75) is 20.1 Å². The minimum atomic E-state index is -2.91. The molecule has 0 saturated carbocycles. The molecule has 5 nitrogen and oxygen atoms in total. The van der Waals surface area contributed by atoms with E-state index in [1.54, 1.807) is 25.1 Å². The molecule has 0 fully saturated rings. The van der Waals surface area contributed by atoms with Crippen molar-refractivity contribution in [1.29, 1.82) is 0 Å². The molecule has 0 aliphatic rings. The Kier molecular flexibility index (Phi) is 4.42. The van der Waals surface area contributed by atoms with Crippen LogP contribution < -0.4 is 10.1 Å². The van der Waals surface area contributed by atoms with Crippen LogP contribution in [-0.4, -0.2) is 17.7 Å². The summed E-state index contributed by atoms with van der Waals surface area (Å²) < 4.78 is 34.0. The standard InChI is InChI=1S/C14H13F2NO4/c1-8-9(6-12(20-8)13(18)19)7-17-10-4-2-3-5-11(10)21-14(15)16/h2-6,14,17H,7H2,1H3,(H,18,19). The summed E-state index contributed by atoms with van der Waals surface area (Å²) in [6.07, 6.45) is 0. The van der Waals surface area contributed by atoms with E-state index in [4.69, 9.17) is 9.52 Å². The molecular formula is C14H13F2NO4. The molecule has 1 aromatic carbocycles. The Labute approximate surface area is 119 Å². The predicted molar refractivity (Wildman–Crippen MR) is 70.8 cm³/mol. The summed E-state index contributed by atoms with van der Waals surface area (Å²) >= 11 is 0. The number of para-hydroxylation sites is 2. The minimum absolute atomic E-state index is 0.0205. The number of nitrogens with one attached hydrogen (secondary N) is 1. The Balaban J connectivity index is 2.11. The van der Waals surface area contributed by atoms with E-state index in [0.717, 1.165) is 0 Å². The van der Waals surface area contributed by atoms with Gasteiger partial charge in [-0.05, 0) is 25.1 Å². The van der Waals surface area contributed by atoms with Crippen molar-refractivity contribution in [2.75, 3.05) is 5.32 Å². The van der Waals surface area contributed by atoms with E-state index in [1.807, 2.05) is 0 Å². The zero-order valence-electron chi connectivity index (χ0n) is 11.1. The van der Waals surface area contributed by atoms with Crippen LogP contribution in [0.4, 0.5) is 14.5 Å². The molecule has 0 unspecified atom stereocenters. The molecule has 2 rings (SSSR count). The van der Waals surface area contributed by atoms with Crippen LogP contribution in [-0.2, 0) is 6.54 Å². The second kappa shape index (κ2) is 6.25. The van der Waals surface area contributed by atoms with Crippen molar-refractivity contribution in [3.63, 3.8) is 0 Å². The molecule has 0 aliphatic carbocycles. The SMILES string of the molecule is Cc1oc(C(=O)O)cc1CNc1ccccc1OC(F)F. The number of hydrogen-bond donors (Lipinski definition) is 2. The van der Waals surface area contributed by atoms with E-state index in [-0.39, 0.29) is 18.1 Å². The Morgan fingerprint density at radius 1 is 1.43 bits per heavy atom. The van der Waals surface area contributed by atoms with Crippen LogP contribution >= 0.6 is 0 Å². The van der Waals surface area contributed by atoms with E-state index < -0.39 is 12.6 Å². The number of carboxylic acid groups (broad SMARTS) is 1. The van der Waals surface area contributed by atoms with E-state index in [2.05, 4.69) is 10.1 Å². The fourth-order valence-electron chi connectivity index (χ4n) is 1.80. The van der Waals surface area contributed by atoms with Gasteiger partial charge in [0, 0.05) is 12.1 Å². The predicted octanol–water partition coefficient (Wildman–Crippen LogP) is 3.50. The maximum atomic E-state index is 12.3. The maximum Gasteiger partial charge on any atom is 0.387 e. The Morgan fingerprint density at radius 3 is 2.76 bits per heavy atom. The monoisotopic (exact) mass is 297 g/mol. The van der Waals surface area contributed by atoms with E-state index in [1.165, 1.54) is 12.1 Å². The zero-order valence-corrected chi connectivity index (χ0v) is 11.1. The first-order valence-electron chi connectivity index (χ1n) is 6.07. The van der Waals surface area contributed by atoms with Gasteiger partial charge in [0.1, 0.15) is 11.5 Å². The van der Waals surface area contributed by atoms with Crippen molar-refractivity contribution in [1.82, 2.24) is 0 Å². The van der Waals surface area contributed by atoms with Gasteiger partial charge in [-0.1, -0.05) is 12.1 Å². The first-order chi connectivity index (χ1) is 9.97. The highest BCUT2D eigenvalue weighted by molar-refractivity contribution is 5.84. The molecule has 0 bridgehead atoms. The lowest BCUT2D eigenvalue weighted by Crippen LogP contribution is -2.06. The van der Waals surface area contributed by atoms with Crippen molar-refractivity contribution in [2.24, 2.45) is 0 Å². The third kappa shape index (κ3) is 3.71. The molecule has 0 amide bonds. The smallest absolute Gasteiger partial charge is 0.387 e. The molecule has 7 heteroatoms. The molecule has 0 atom stereocenters. The summed E-state index contributed by atoms with van der Waals surface area (Å²) in [5, 5.41) is 11.8. The molecule has 1 aromatic heterocycles. The van der Waals surface area contributed by atoms with E-state index in [9.17, 15) is 13.6 Å². The largest absolute Gasteiger partial charge is 0.475 e. The summed E-state index contributed by atoms with van der Waals surface area (Å²) in [4.78, 5) is 10.8. The number of hydrogen-bond acceptors (Lipinski definition) is 4. The first-order valence-corrected chi connectivity index (χ1v) is 6.07. The van der Waals surface area contributed by atoms with Gasteiger partial charge in [0.15, 0.2) is 0 Å². The Bertz CT molecular complexity index is 640. The van der Waals surface area contributed by atoms with Crippen LogP contribution in [0.3, 0.4) is 0 Å². The lowest BCUT2D eigenvalue weighted by molar-refractivity contribution is -0.0493. The van der Waals surface area contributed by atoms with E-state index >= 15 is 0 Å². The first kappa shape index (κ1) is 14.8. The summed E-state index contributed by atoms with van der Waals surface area (Å²) in [5.41, 5.74) is 1.01. The number of aryl methyl sites for hydroxylation is 1. The van der Waals surface area contributed by atoms with Gasteiger partial charge in [0.2, 0.25) is 5.76 Å². The van der Waals surface area contributed by atoms with Crippen LogP contribution in [0, 0.1) is 6.92 Å². The summed E-state index contributed by atoms with van der Waals surface area (Å²) in [5.74, 6) is -0.855. The van der Waals surface area contributed by atoms with Gasteiger partial charge in [-0.3, -0.25) is 0 Å². The molecule has 2 aromatic rings. The fraction of sp³-hybridized carbons (Fsp3) is 0.214. The molecule has 21 heavy (non-hydrogen) atoms. The number of halogens is 2. The summed E-state index contributed by atoms with van der Waals surface area (Å²) in [7, 11) is 0. The van der Waals surface area contributed by atoms with Crippen LogP contribution in [0.5, 0.6) is 5.75 Å². The van der Waals surface area contributed by atoms with Crippen LogP contribution in [0.2, 0.25) is 0 Å². The van der Waals surface area contributed by atoms with Crippen LogP contribution in [0.15, 0.2) is 34.7 Å². The highest BCUT2D eigenvalue weighted by Crippen LogP contribution is 2.26. The number of anilines is 1. The van der Waals surface area contributed by atoms with Crippen molar-refractivity contribution in [3.8, 4) is 5.75 Å². The number of alkyl halides is 2. The third-order valence-corrected chi connectivity index (χ3v) is 2.80. The second-order valence-corrected chi connectivity index (χ2v) is 4.23. The number of ether oxygens (including phenoxy) is 1. The lowest BCUT2D eigenvalue weighted by Gasteiger charge is -2.12. The van der Waals surface area contributed by atoms with Gasteiger partial charge in [-0.25, -0.2) is 4.79 Å². The van der Waals surface area contributed by atoms with Gasteiger partial charge in [-0.15, -0.1) is 0 Å². The molecule has 0 aliphatic heterocycles. The fourth-order valence-corrected chi connectivity index (χ4v) is 1.80. The Morgan fingerprint density at radius 2 is 2.14 bits per heavy atom. The molecule has 1 heterocycles. The average molecular weight is 297 g/mol. The van der Waals surface area contributed by atoms with Crippen LogP contribution in [0.25, 0.3) is 0 Å². The van der Waals surface area contributed by atoms with Gasteiger partial charge in [0.05, 0.1) is 5.69 Å². The third-order valence-electron chi connectivity index (χ3n) is 2.80. The quantitative estimate of drug-likeness (QED) is 0.853. The van der Waals surface area contributed by atoms with E-state index in [0.29, 0.717) is 17.0 Å². The van der Waals surface area contributed by atoms with Gasteiger partial charge in [-0.2, -0.15) is 8.78 Å². The van der Waals surface area contributed by atoms with Gasteiger partial charge < -0.3 is 19.6 Å². The normalized spacial score (nSPS) is 10.7. The summed E-state index contributed by atoms with van der Waals surface area (Å²) in [6.45, 7) is -1.06. The van der Waals surface area contributed by atoms with Crippen molar-refractivity contribution >= 4 is 11.7 Å². The number of benzene rings is 1. The van der Waals surface area contributed by atoms with Crippen molar-refractivity contribution < 1.29 is 27.8 Å². The van der Waals surface area contributed by atoms with Crippen molar-refractivity contribution in [3.05, 3.63) is 47.4 Å². The molecule has 0 saturated heterocycles. The number of carboxylic acids is 1. The topological polar surface area (TPSA) is 71.7 Å².